The van der Waals surface area contributed by atoms with E-state index < -0.39 is 0 Å². The van der Waals surface area contributed by atoms with Gasteiger partial charge in [0.05, 0.1) is 5.56 Å². The van der Waals surface area contributed by atoms with Crippen molar-refractivity contribution in [2.75, 3.05) is 0 Å². The number of hydrogen-bond acceptors (Lipinski definition) is 2. The van der Waals surface area contributed by atoms with Gasteiger partial charge in [-0.1, -0.05) is 0 Å². The van der Waals surface area contributed by atoms with Gasteiger partial charge in [-0.05, 0) is 40.5 Å². The third-order valence-electron chi connectivity index (χ3n) is 1.37. The molecular weight excluding hydrogens is 208 g/mol. The lowest BCUT2D eigenvalue weighted by molar-refractivity contribution is 0.112. The zero-order valence-corrected chi connectivity index (χ0v) is 7.55. The maximum atomic E-state index is 10.4. The fraction of sp³-hybridized carbons (Fsp3) is 0.125. The first-order valence-corrected chi connectivity index (χ1v) is 3.88. The Morgan fingerprint density at radius 3 is 2.64 bits per heavy atom. The fourth-order valence-corrected chi connectivity index (χ4v) is 1.51. The SMILES string of the molecule is Cc1cc(O)c(C=O)c(Br)c1. The highest BCUT2D eigenvalue weighted by Crippen LogP contribution is 2.25. The summed E-state index contributed by atoms with van der Waals surface area (Å²) in [4.78, 5) is 10.4. The average Bonchev–Trinajstić information content (AvgIpc) is 1.85. The van der Waals surface area contributed by atoms with Crippen LogP contribution in [-0.2, 0) is 0 Å². The Morgan fingerprint density at radius 2 is 2.18 bits per heavy atom. The van der Waals surface area contributed by atoms with E-state index in [-0.39, 0.29) is 5.75 Å². The Hall–Kier alpha value is -0.830. The van der Waals surface area contributed by atoms with Crippen LogP contribution in [0.5, 0.6) is 5.75 Å². The molecule has 0 aliphatic rings. The van der Waals surface area contributed by atoms with Crippen molar-refractivity contribution in [3.8, 4) is 5.75 Å². The van der Waals surface area contributed by atoms with E-state index in [1.54, 1.807) is 12.1 Å². The van der Waals surface area contributed by atoms with Crippen molar-refractivity contribution in [3.63, 3.8) is 0 Å². The first-order valence-electron chi connectivity index (χ1n) is 3.09. The second kappa shape index (κ2) is 3.05. The zero-order valence-electron chi connectivity index (χ0n) is 5.97. The molecule has 0 atom stereocenters. The molecule has 2 nitrogen and oxygen atoms in total. The molecule has 1 rings (SSSR count). The summed E-state index contributed by atoms with van der Waals surface area (Å²) in [6, 6.07) is 3.33. The van der Waals surface area contributed by atoms with Crippen molar-refractivity contribution >= 4 is 22.2 Å². The normalized spacial score (nSPS) is 9.64. The number of carbonyl (C=O) groups excluding carboxylic acids is 1. The topological polar surface area (TPSA) is 37.3 Å². The lowest BCUT2D eigenvalue weighted by atomic mass is 10.1. The predicted molar refractivity (Wildman–Crippen MR) is 45.9 cm³/mol. The predicted octanol–water partition coefficient (Wildman–Crippen LogP) is 2.28. The molecule has 0 amide bonds. The molecule has 3 heteroatoms. The molecule has 0 saturated heterocycles. The second-order valence-electron chi connectivity index (χ2n) is 2.30. The van der Waals surface area contributed by atoms with Crippen LogP contribution in [0.3, 0.4) is 0 Å². The van der Waals surface area contributed by atoms with Crippen molar-refractivity contribution in [1.29, 1.82) is 0 Å². The molecule has 0 bridgehead atoms. The standard InChI is InChI=1S/C8H7BrO2/c1-5-2-7(9)6(4-10)8(11)3-5/h2-4,11H,1H3. The van der Waals surface area contributed by atoms with Gasteiger partial charge in [0.25, 0.3) is 0 Å². The molecule has 0 heterocycles. The van der Waals surface area contributed by atoms with Gasteiger partial charge in [0.2, 0.25) is 0 Å². The van der Waals surface area contributed by atoms with E-state index in [9.17, 15) is 9.90 Å². The number of aldehydes is 1. The Bertz CT molecular complexity index is 271. The van der Waals surface area contributed by atoms with Crippen LogP contribution in [0.1, 0.15) is 15.9 Å². The number of aryl methyl sites for hydroxylation is 1. The minimum absolute atomic E-state index is 0.0203. The summed E-state index contributed by atoms with van der Waals surface area (Å²) < 4.78 is 0.630. The summed E-state index contributed by atoms with van der Waals surface area (Å²) in [5, 5.41) is 9.21. The van der Waals surface area contributed by atoms with E-state index >= 15 is 0 Å². The van der Waals surface area contributed by atoms with Gasteiger partial charge in [0, 0.05) is 4.47 Å². The average molecular weight is 215 g/mol. The molecule has 1 N–H and O–H groups in total. The van der Waals surface area contributed by atoms with E-state index in [0.717, 1.165) is 5.56 Å². The largest absolute Gasteiger partial charge is 0.507 e. The second-order valence-corrected chi connectivity index (χ2v) is 3.15. The summed E-state index contributed by atoms with van der Waals surface area (Å²) in [7, 11) is 0. The molecule has 58 valence electrons. The van der Waals surface area contributed by atoms with Gasteiger partial charge in [-0.25, -0.2) is 0 Å². The van der Waals surface area contributed by atoms with Crippen molar-refractivity contribution < 1.29 is 9.90 Å². The van der Waals surface area contributed by atoms with Crippen molar-refractivity contribution in [2.45, 2.75) is 6.92 Å². The molecule has 0 aliphatic heterocycles. The summed E-state index contributed by atoms with van der Waals surface area (Å²) in [5.41, 5.74) is 1.22. The van der Waals surface area contributed by atoms with Crippen LogP contribution in [0.4, 0.5) is 0 Å². The lowest BCUT2D eigenvalue weighted by Gasteiger charge is -2.00. The monoisotopic (exact) mass is 214 g/mol. The Balaban J connectivity index is 3.36. The third-order valence-corrected chi connectivity index (χ3v) is 2.03. The molecule has 1 aromatic carbocycles. The van der Waals surface area contributed by atoms with Gasteiger partial charge < -0.3 is 5.11 Å². The molecule has 0 radical (unpaired) electrons. The summed E-state index contributed by atoms with van der Waals surface area (Å²) in [6.45, 7) is 1.85. The molecule has 0 aliphatic carbocycles. The number of phenolic OH excluding ortho intramolecular Hbond substituents is 1. The van der Waals surface area contributed by atoms with Crippen molar-refractivity contribution in [2.24, 2.45) is 0 Å². The van der Waals surface area contributed by atoms with Crippen LogP contribution in [-0.4, -0.2) is 11.4 Å². The Morgan fingerprint density at radius 1 is 1.55 bits per heavy atom. The third kappa shape index (κ3) is 1.60. The van der Waals surface area contributed by atoms with Gasteiger partial charge in [0.15, 0.2) is 6.29 Å². The highest BCUT2D eigenvalue weighted by atomic mass is 79.9. The van der Waals surface area contributed by atoms with E-state index in [0.29, 0.717) is 16.3 Å². The number of benzene rings is 1. The molecule has 0 fully saturated rings. The van der Waals surface area contributed by atoms with Gasteiger partial charge in [-0.3, -0.25) is 4.79 Å². The number of hydrogen-bond donors (Lipinski definition) is 1. The summed E-state index contributed by atoms with van der Waals surface area (Å²) >= 11 is 3.17. The van der Waals surface area contributed by atoms with Gasteiger partial charge in [-0.2, -0.15) is 0 Å². The smallest absolute Gasteiger partial charge is 0.154 e. The van der Waals surface area contributed by atoms with Crippen molar-refractivity contribution in [1.82, 2.24) is 0 Å². The highest BCUT2D eigenvalue weighted by Gasteiger charge is 2.04. The van der Waals surface area contributed by atoms with Crippen molar-refractivity contribution in [3.05, 3.63) is 27.7 Å². The molecule has 0 saturated carbocycles. The fourth-order valence-electron chi connectivity index (χ4n) is 0.852. The number of carbonyl (C=O) groups is 1. The number of aromatic hydroxyl groups is 1. The van der Waals surface area contributed by atoms with E-state index in [1.807, 2.05) is 6.92 Å². The van der Waals surface area contributed by atoms with Crippen LogP contribution in [0.2, 0.25) is 0 Å². The van der Waals surface area contributed by atoms with Crippen LogP contribution in [0.25, 0.3) is 0 Å². The minimum atomic E-state index is 0.0203. The maximum absolute atomic E-state index is 10.4. The number of rotatable bonds is 1. The molecule has 1 aromatic rings. The van der Waals surface area contributed by atoms with Crippen LogP contribution in [0.15, 0.2) is 16.6 Å². The zero-order chi connectivity index (χ0) is 8.43. The van der Waals surface area contributed by atoms with E-state index in [1.165, 1.54) is 0 Å². The molecule has 0 aromatic heterocycles. The van der Waals surface area contributed by atoms with E-state index in [4.69, 9.17) is 0 Å². The first-order chi connectivity index (χ1) is 5.15. The Labute approximate surface area is 73.0 Å². The summed E-state index contributed by atoms with van der Waals surface area (Å²) in [5.74, 6) is 0.0203. The van der Waals surface area contributed by atoms with E-state index in [2.05, 4.69) is 15.9 Å². The lowest BCUT2D eigenvalue weighted by Crippen LogP contribution is -1.84. The number of halogens is 1. The first kappa shape index (κ1) is 8.27. The summed E-state index contributed by atoms with van der Waals surface area (Å²) in [6.07, 6.45) is 0.624. The van der Waals surface area contributed by atoms with Gasteiger partial charge in [0.1, 0.15) is 5.75 Å². The van der Waals surface area contributed by atoms with Gasteiger partial charge >= 0.3 is 0 Å². The Kier molecular flexibility index (Phi) is 2.29. The van der Waals surface area contributed by atoms with Crippen LogP contribution < -0.4 is 0 Å². The molecular formula is C8H7BrO2. The van der Waals surface area contributed by atoms with Crippen LogP contribution >= 0.6 is 15.9 Å². The maximum Gasteiger partial charge on any atom is 0.154 e. The molecule has 0 spiro atoms. The number of phenols is 1. The van der Waals surface area contributed by atoms with Crippen LogP contribution in [0, 0.1) is 6.92 Å². The molecule has 11 heavy (non-hydrogen) atoms. The van der Waals surface area contributed by atoms with Gasteiger partial charge in [-0.15, -0.1) is 0 Å². The molecule has 0 unspecified atom stereocenters. The highest BCUT2D eigenvalue weighted by molar-refractivity contribution is 9.10. The minimum Gasteiger partial charge on any atom is -0.507 e. The quantitative estimate of drug-likeness (QED) is 0.729.